The summed E-state index contributed by atoms with van der Waals surface area (Å²) in [5, 5.41) is 10.6. The van der Waals surface area contributed by atoms with Crippen LogP contribution in [-0.2, 0) is 65.4 Å². The maximum absolute atomic E-state index is 13.0. The lowest BCUT2D eigenvalue weighted by Gasteiger charge is -2.21. The van der Waals surface area contributed by atoms with E-state index in [9.17, 15) is 43.2 Å². The Morgan fingerprint density at radius 2 is 0.621 bits per heavy atom. The molecule has 0 spiro atoms. The van der Waals surface area contributed by atoms with Gasteiger partial charge in [-0.3, -0.25) is 37.3 Å². The summed E-state index contributed by atoms with van der Waals surface area (Å²) in [6.07, 6.45) is 44.2. The van der Waals surface area contributed by atoms with E-state index in [-0.39, 0.29) is 25.7 Å². The van der Waals surface area contributed by atoms with Crippen molar-refractivity contribution in [3.05, 3.63) is 24.3 Å². The summed E-state index contributed by atoms with van der Waals surface area (Å²) in [6, 6.07) is 0. The summed E-state index contributed by atoms with van der Waals surface area (Å²) in [5.74, 6) is -0.0470. The topological polar surface area (TPSA) is 237 Å². The van der Waals surface area contributed by atoms with Gasteiger partial charge in [0, 0.05) is 25.7 Å². The monoisotopic (exact) mass is 1280 g/mol. The van der Waals surface area contributed by atoms with Crippen molar-refractivity contribution >= 4 is 39.5 Å². The summed E-state index contributed by atoms with van der Waals surface area (Å²) in [5.41, 5.74) is 0. The number of carbonyl (C=O) groups is 4. The molecule has 0 rings (SSSR count). The van der Waals surface area contributed by atoms with Crippen molar-refractivity contribution in [1.82, 2.24) is 0 Å². The number of phosphoric ester groups is 2. The standard InChI is InChI=1S/C68H128O17P2/c1-8-9-10-11-12-13-14-15-16-17-20-23-26-37-44-51-67(72)84-63(55-78-65(70)49-42-35-30-28-33-40-47-60(4)5)57-82-86(74,75)80-53-62(69)54-81-87(76,77)83-58-64(56-79-66(71)50-43-36-31-29-34-41-48-61(6)7)85-68(73)52-45-38-27-24-21-18-19-22-25-32-39-46-59(2)3/h13-16,59-64,69H,8-12,17-58H2,1-7H3,(H,74,75)(H,76,77)/b14-13-,16-15-/t62-,63-,64-/m1/s1. The molecule has 17 nitrogen and oxygen atoms in total. The fraction of sp³-hybridized carbons (Fsp3) is 0.882. The Balaban J connectivity index is 5.26. The minimum absolute atomic E-state index is 0.0833. The average molecular weight is 1280 g/mol. The summed E-state index contributed by atoms with van der Waals surface area (Å²) in [4.78, 5) is 72.3. The molecule has 0 radical (unpaired) electrons. The van der Waals surface area contributed by atoms with E-state index in [0.717, 1.165) is 121 Å². The molecule has 5 atom stereocenters. The molecule has 0 amide bonds. The average Bonchev–Trinajstić information content (AvgIpc) is 3.65. The van der Waals surface area contributed by atoms with Gasteiger partial charge in [-0.1, -0.05) is 259 Å². The van der Waals surface area contributed by atoms with Gasteiger partial charge in [-0.2, -0.15) is 0 Å². The van der Waals surface area contributed by atoms with Crippen LogP contribution in [0.3, 0.4) is 0 Å². The third-order valence-corrected chi connectivity index (χ3v) is 16.9. The first-order valence-electron chi connectivity index (χ1n) is 34.7. The summed E-state index contributed by atoms with van der Waals surface area (Å²) in [7, 11) is -9.91. The van der Waals surface area contributed by atoms with E-state index in [1.54, 1.807) is 0 Å². The number of carbonyl (C=O) groups excluding carboxylic acids is 4. The number of allylic oxidation sites excluding steroid dienone is 4. The number of rotatable bonds is 64. The van der Waals surface area contributed by atoms with E-state index in [1.165, 1.54) is 96.3 Å². The molecule has 0 bridgehead atoms. The van der Waals surface area contributed by atoms with Crippen molar-refractivity contribution in [3.8, 4) is 0 Å². The van der Waals surface area contributed by atoms with Crippen LogP contribution in [0.15, 0.2) is 24.3 Å². The number of ether oxygens (including phenoxy) is 4. The number of aliphatic hydroxyl groups is 1. The number of hydrogen-bond acceptors (Lipinski definition) is 15. The molecule has 0 aliphatic carbocycles. The van der Waals surface area contributed by atoms with Gasteiger partial charge in [0.2, 0.25) is 0 Å². The fourth-order valence-corrected chi connectivity index (χ4v) is 11.2. The molecule has 0 aromatic heterocycles. The lowest BCUT2D eigenvalue weighted by Crippen LogP contribution is -2.30. The van der Waals surface area contributed by atoms with Gasteiger partial charge in [-0.05, 0) is 69.1 Å². The van der Waals surface area contributed by atoms with Crippen LogP contribution in [-0.4, -0.2) is 96.7 Å². The number of phosphoric acid groups is 2. The van der Waals surface area contributed by atoms with Crippen LogP contribution < -0.4 is 0 Å². The van der Waals surface area contributed by atoms with Crippen LogP contribution in [0.2, 0.25) is 0 Å². The largest absolute Gasteiger partial charge is 0.472 e. The third-order valence-electron chi connectivity index (χ3n) is 15.0. The zero-order chi connectivity index (χ0) is 64.5. The first-order valence-corrected chi connectivity index (χ1v) is 37.7. The highest BCUT2D eigenvalue weighted by atomic mass is 31.2. The zero-order valence-electron chi connectivity index (χ0n) is 56.0. The molecular formula is C68H128O17P2. The molecule has 2 unspecified atom stereocenters. The Labute approximate surface area is 529 Å². The first kappa shape index (κ1) is 84.5. The van der Waals surface area contributed by atoms with Crippen LogP contribution in [0.4, 0.5) is 0 Å². The normalized spacial score (nSPS) is 14.4. The van der Waals surface area contributed by atoms with Gasteiger partial charge in [0.05, 0.1) is 26.4 Å². The predicted molar refractivity (Wildman–Crippen MR) is 349 cm³/mol. The molecule has 0 saturated carbocycles. The zero-order valence-corrected chi connectivity index (χ0v) is 57.7. The highest BCUT2D eigenvalue weighted by Crippen LogP contribution is 2.45. The highest BCUT2D eigenvalue weighted by molar-refractivity contribution is 7.47. The SMILES string of the molecule is CCCCCC/C=C\C=C/CCCCCCCC(=O)O[C@H](COC(=O)CCCCCCCCC(C)C)COP(=O)(O)OC[C@@H](O)COP(=O)(O)OC[C@@H](COC(=O)CCCCCCCCC(C)C)OC(=O)CCCCCCCCCCCCCC(C)C. The van der Waals surface area contributed by atoms with Gasteiger partial charge in [0.25, 0.3) is 0 Å². The molecule has 512 valence electrons. The molecule has 0 aliphatic rings. The fourth-order valence-electron chi connectivity index (χ4n) is 9.65. The van der Waals surface area contributed by atoms with E-state index < -0.39 is 97.5 Å². The third kappa shape index (κ3) is 62.1. The molecule has 0 heterocycles. The molecule has 87 heavy (non-hydrogen) atoms. The van der Waals surface area contributed by atoms with Crippen molar-refractivity contribution in [1.29, 1.82) is 0 Å². The van der Waals surface area contributed by atoms with Crippen LogP contribution in [0, 0.1) is 17.8 Å². The second kappa shape index (κ2) is 58.6. The minimum Gasteiger partial charge on any atom is -0.462 e. The molecule has 0 fully saturated rings. The smallest absolute Gasteiger partial charge is 0.462 e. The minimum atomic E-state index is -4.96. The van der Waals surface area contributed by atoms with Crippen molar-refractivity contribution in [2.75, 3.05) is 39.6 Å². The molecule has 0 aliphatic heterocycles. The molecule has 0 aromatic carbocycles. The molecule has 3 N–H and O–H groups in total. The van der Waals surface area contributed by atoms with E-state index in [1.807, 2.05) is 0 Å². The molecule has 19 heteroatoms. The Hall–Kier alpha value is -2.46. The number of esters is 4. The second-order valence-corrected chi connectivity index (χ2v) is 28.2. The van der Waals surface area contributed by atoms with Crippen molar-refractivity contribution in [3.63, 3.8) is 0 Å². The number of hydrogen-bond donors (Lipinski definition) is 3. The summed E-state index contributed by atoms with van der Waals surface area (Å²) >= 11 is 0. The van der Waals surface area contributed by atoms with E-state index in [4.69, 9.17) is 37.0 Å². The van der Waals surface area contributed by atoms with Gasteiger partial charge >= 0.3 is 39.5 Å². The van der Waals surface area contributed by atoms with Gasteiger partial charge in [0.15, 0.2) is 12.2 Å². The van der Waals surface area contributed by atoms with Crippen molar-refractivity contribution in [2.45, 2.75) is 330 Å². The molecular weight excluding hydrogens is 1150 g/mol. The van der Waals surface area contributed by atoms with Crippen LogP contribution in [0.25, 0.3) is 0 Å². The van der Waals surface area contributed by atoms with Gasteiger partial charge in [0.1, 0.15) is 19.3 Å². The van der Waals surface area contributed by atoms with Crippen LogP contribution in [0.1, 0.15) is 312 Å². The van der Waals surface area contributed by atoms with E-state index in [0.29, 0.717) is 37.5 Å². The van der Waals surface area contributed by atoms with Crippen LogP contribution in [0.5, 0.6) is 0 Å². The van der Waals surface area contributed by atoms with Crippen LogP contribution >= 0.6 is 15.6 Å². The number of unbranched alkanes of at least 4 members (excludes halogenated alkanes) is 29. The predicted octanol–water partition coefficient (Wildman–Crippen LogP) is 18.6. The quantitative estimate of drug-likeness (QED) is 0.0169. The number of aliphatic hydroxyl groups excluding tert-OH is 1. The summed E-state index contributed by atoms with van der Waals surface area (Å²) in [6.45, 7) is 11.6. The Morgan fingerprint density at radius 1 is 0.356 bits per heavy atom. The van der Waals surface area contributed by atoms with Gasteiger partial charge in [-0.25, -0.2) is 9.13 Å². The van der Waals surface area contributed by atoms with Crippen molar-refractivity contribution < 1.29 is 80.2 Å². The lowest BCUT2D eigenvalue weighted by molar-refractivity contribution is -0.161. The Kier molecular flexibility index (Phi) is 57.0. The maximum Gasteiger partial charge on any atom is 0.472 e. The van der Waals surface area contributed by atoms with Gasteiger partial charge < -0.3 is 33.8 Å². The Bertz CT molecular complexity index is 1810. The highest BCUT2D eigenvalue weighted by Gasteiger charge is 2.30. The first-order chi connectivity index (χ1) is 41.7. The molecule has 0 saturated heterocycles. The van der Waals surface area contributed by atoms with Gasteiger partial charge in [-0.15, -0.1) is 0 Å². The second-order valence-electron chi connectivity index (χ2n) is 25.3. The van der Waals surface area contributed by atoms with E-state index in [2.05, 4.69) is 72.8 Å². The van der Waals surface area contributed by atoms with Crippen molar-refractivity contribution in [2.24, 2.45) is 17.8 Å². The summed E-state index contributed by atoms with van der Waals surface area (Å²) < 4.78 is 68.1. The lowest BCUT2D eigenvalue weighted by atomic mass is 10.0. The Morgan fingerprint density at radius 3 is 0.931 bits per heavy atom. The maximum atomic E-state index is 13.0. The molecule has 0 aromatic rings. The van der Waals surface area contributed by atoms with E-state index >= 15 is 0 Å².